The summed E-state index contributed by atoms with van der Waals surface area (Å²) in [6.07, 6.45) is -3.89. The molecule has 2 atom stereocenters. The Balaban J connectivity index is 1.85. The van der Waals surface area contributed by atoms with Gasteiger partial charge in [0.2, 0.25) is 5.91 Å². The van der Waals surface area contributed by atoms with E-state index in [1.54, 1.807) is 37.4 Å². The summed E-state index contributed by atoms with van der Waals surface area (Å²) in [6, 6.07) is 11.3. The third-order valence-corrected chi connectivity index (χ3v) is 5.75. The summed E-state index contributed by atoms with van der Waals surface area (Å²) >= 11 is 5.89. The van der Waals surface area contributed by atoms with Crippen LogP contribution in [0.3, 0.4) is 0 Å². The summed E-state index contributed by atoms with van der Waals surface area (Å²) < 4.78 is 44.7. The van der Waals surface area contributed by atoms with Gasteiger partial charge < -0.3 is 15.0 Å². The molecule has 0 bridgehead atoms. The molecule has 1 heterocycles. The second-order valence-electron chi connectivity index (χ2n) is 7.69. The lowest BCUT2D eigenvalue weighted by Gasteiger charge is -2.19. The van der Waals surface area contributed by atoms with E-state index >= 15 is 0 Å². The molecule has 5 nitrogen and oxygen atoms in total. The van der Waals surface area contributed by atoms with E-state index in [-0.39, 0.29) is 24.9 Å². The third kappa shape index (κ3) is 5.81. The van der Waals surface area contributed by atoms with Gasteiger partial charge in [-0.25, -0.2) is 0 Å². The second-order valence-corrected chi connectivity index (χ2v) is 8.13. The lowest BCUT2D eigenvalue weighted by atomic mass is 9.87. The van der Waals surface area contributed by atoms with Crippen molar-refractivity contribution in [2.24, 2.45) is 5.92 Å². The number of alkyl halides is 3. The molecule has 1 fully saturated rings. The van der Waals surface area contributed by atoms with Crippen molar-refractivity contribution >= 4 is 23.4 Å². The fraction of sp³-hybridized carbons (Fsp3) is 0.391. The predicted molar refractivity (Wildman–Crippen MR) is 115 cm³/mol. The van der Waals surface area contributed by atoms with Crippen molar-refractivity contribution in [1.29, 1.82) is 0 Å². The molecule has 0 aliphatic carbocycles. The molecule has 2 unspecified atom stereocenters. The smallest absolute Gasteiger partial charge is 0.385 e. The first-order chi connectivity index (χ1) is 15.2. The van der Waals surface area contributed by atoms with Crippen molar-refractivity contribution in [3.63, 3.8) is 0 Å². The van der Waals surface area contributed by atoms with Crippen molar-refractivity contribution < 1.29 is 27.5 Å². The molecule has 2 amide bonds. The number of carbonyl (C=O) groups excluding carboxylic acids is 2. The van der Waals surface area contributed by atoms with Gasteiger partial charge in [-0.1, -0.05) is 29.8 Å². The molecule has 2 aromatic rings. The van der Waals surface area contributed by atoms with Crippen LogP contribution in [0.15, 0.2) is 48.5 Å². The summed E-state index contributed by atoms with van der Waals surface area (Å²) in [5.41, 5.74) is -0.00153. The van der Waals surface area contributed by atoms with Gasteiger partial charge in [0.15, 0.2) is 0 Å². The van der Waals surface area contributed by atoms with Crippen molar-refractivity contribution in [3.8, 4) is 0 Å². The van der Waals surface area contributed by atoms with Crippen LogP contribution >= 0.6 is 11.6 Å². The number of hydrogen-bond acceptors (Lipinski definition) is 3. The van der Waals surface area contributed by atoms with E-state index in [4.69, 9.17) is 16.3 Å². The number of benzene rings is 2. The van der Waals surface area contributed by atoms with E-state index in [1.807, 2.05) is 0 Å². The fourth-order valence-electron chi connectivity index (χ4n) is 3.85. The summed E-state index contributed by atoms with van der Waals surface area (Å²) in [4.78, 5) is 27.4. The Morgan fingerprint density at radius 1 is 1.16 bits per heavy atom. The zero-order valence-electron chi connectivity index (χ0n) is 17.5. The molecular weight excluding hydrogens is 445 g/mol. The lowest BCUT2D eigenvalue weighted by Crippen LogP contribution is -2.36. The average Bonchev–Trinajstić information content (AvgIpc) is 3.22. The zero-order valence-corrected chi connectivity index (χ0v) is 18.2. The number of hydrogen-bond donors (Lipinski definition) is 1. The van der Waals surface area contributed by atoms with Crippen LogP contribution in [0.1, 0.15) is 33.8 Å². The van der Waals surface area contributed by atoms with E-state index in [0.717, 1.165) is 12.1 Å². The Morgan fingerprint density at radius 3 is 2.53 bits per heavy atom. The molecule has 9 heteroatoms. The normalized spacial score (nSPS) is 18.6. The number of likely N-dealkylation sites (tertiary alicyclic amines) is 1. The molecule has 0 aromatic heterocycles. The van der Waals surface area contributed by atoms with Crippen LogP contribution in [0.5, 0.6) is 0 Å². The molecule has 0 spiro atoms. The molecule has 172 valence electrons. The molecule has 1 aliphatic rings. The predicted octanol–water partition coefficient (Wildman–Crippen LogP) is 4.37. The van der Waals surface area contributed by atoms with Crippen molar-refractivity contribution in [1.82, 2.24) is 10.2 Å². The molecule has 2 aromatic carbocycles. The van der Waals surface area contributed by atoms with Crippen LogP contribution in [-0.4, -0.2) is 50.1 Å². The maximum absolute atomic E-state index is 13.2. The first kappa shape index (κ1) is 24.1. The topological polar surface area (TPSA) is 58.6 Å². The maximum atomic E-state index is 13.2. The van der Waals surface area contributed by atoms with Crippen LogP contribution in [0, 0.1) is 5.92 Å². The van der Waals surface area contributed by atoms with Crippen LogP contribution in [-0.2, 0) is 15.7 Å². The molecule has 1 N–H and O–H groups in total. The number of halogens is 4. The minimum absolute atomic E-state index is 0.110. The minimum Gasteiger partial charge on any atom is -0.385 e. The van der Waals surface area contributed by atoms with Crippen molar-refractivity contribution in [2.75, 3.05) is 33.4 Å². The van der Waals surface area contributed by atoms with Gasteiger partial charge in [0.05, 0.1) is 11.5 Å². The van der Waals surface area contributed by atoms with Gasteiger partial charge in [-0.3, -0.25) is 9.59 Å². The first-order valence-corrected chi connectivity index (χ1v) is 10.6. The number of nitrogens with one attached hydrogen (secondary N) is 1. The molecule has 0 radical (unpaired) electrons. The van der Waals surface area contributed by atoms with Crippen LogP contribution in [0.4, 0.5) is 13.2 Å². The highest BCUT2D eigenvalue weighted by Gasteiger charge is 2.41. The summed E-state index contributed by atoms with van der Waals surface area (Å²) in [5, 5.41) is 3.30. The molecular formula is C23H24ClF3N2O3. The fourth-order valence-corrected chi connectivity index (χ4v) is 3.98. The highest BCUT2D eigenvalue weighted by Crippen LogP contribution is 2.37. The number of carbonyl (C=O) groups is 2. The Kier molecular flexibility index (Phi) is 7.79. The number of amides is 2. The number of methoxy groups -OCH3 is 1. The maximum Gasteiger partial charge on any atom is 0.416 e. The van der Waals surface area contributed by atoms with E-state index < -0.39 is 23.6 Å². The highest BCUT2D eigenvalue weighted by atomic mass is 35.5. The molecule has 1 saturated heterocycles. The Morgan fingerprint density at radius 2 is 1.88 bits per heavy atom. The summed E-state index contributed by atoms with van der Waals surface area (Å²) in [7, 11) is 1.56. The van der Waals surface area contributed by atoms with Crippen LogP contribution in [0.2, 0.25) is 5.02 Å². The lowest BCUT2D eigenvalue weighted by molar-refractivity contribution is -0.137. The van der Waals surface area contributed by atoms with Gasteiger partial charge in [-0.15, -0.1) is 0 Å². The van der Waals surface area contributed by atoms with E-state index in [9.17, 15) is 22.8 Å². The standard InChI is InChI=1S/C23H24ClF3N2O3/c1-32-11-3-10-28-21(30)20-14-29(22(31)15-6-8-18(24)9-7-15)13-19(20)16-4-2-5-17(12-16)23(25,26)27/h2,4-9,12,19-20H,3,10-11,13-14H2,1H3,(H,28,30). The van der Waals surface area contributed by atoms with Crippen LogP contribution < -0.4 is 5.32 Å². The molecule has 3 rings (SSSR count). The molecule has 0 saturated carbocycles. The Hall–Kier alpha value is -2.58. The van der Waals surface area contributed by atoms with Crippen molar-refractivity contribution in [2.45, 2.75) is 18.5 Å². The SMILES string of the molecule is COCCCNC(=O)C1CN(C(=O)c2ccc(Cl)cc2)CC1c1cccc(C(F)(F)F)c1. The van der Waals surface area contributed by atoms with Crippen molar-refractivity contribution in [3.05, 3.63) is 70.2 Å². The average molecular weight is 469 g/mol. The molecule has 1 aliphatic heterocycles. The van der Waals surface area contributed by atoms with E-state index in [2.05, 4.69) is 5.32 Å². The summed E-state index contributed by atoms with van der Waals surface area (Å²) in [6.45, 7) is 1.10. The minimum atomic E-state index is -4.49. The Labute approximate surface area is 189 Å². The number of rotatable bonds is 7. The third-order valence-electron chi connectivity index (χ3n) is 5.50. The van der Waals surface area contributed by atoms with Crippen LogP contribution in [0.25, 0.3) is 0 Å². The van der Waals surface area contributed by atoms with E-state index in [1.165, 1.54) is 11.0 Å². The summed E-state index contributed by atoms with van der Waals surface area (Å²) in [5.74, 6) is -1.82. The quantitative estimate of drug-likeness (QED) is 0.614. The van der Waals surface area contributed by atoms with Gasteiger partial charge in [0.25, 0.3) is 5.91 Å². The zero-order chi connectivity index (χ0) is 23.3. The second kappa shape index (κ2) is 10.4. The van der Waals surface area contributed by atoms with E-state index in [0.29, 0.717) is 35.7 Å². The highest BCUT2D eigenvalue weighted by molar-refractivity contribution is 6.30. The van der Waals surface area contributed by atoms with Gasteiger partial charge in [0, 0.05) is 49.9 Å². The van der Waals surface area contributed by atoms with Gasteiger partial charge >= 0.3 is 6.18 Å². The first-order valence-electron chi connectivity index (χ1n) is 10.2. The van der Waals surface area contributed by atoms with Gasteiger partial charge in [-0.2, -0.15) is 13.2 Å². The largest absolute Gasteiger partial charge is 0.416 e. The van der Waals surface area contributed by atoms with Gasteiger partial charge in [0.1, 0.15) is 0 Å². The number of nitrogens with zero attached hydrogens (tertiary/aromatic N) is 1. The molecule has 32 heavy (non-hydrogen) atoms. The number of ether oxygens (including phenoxy) is 1. The monoisotopic (exact) mass is 468 g/mol. The Bertz CT molecular complexity index is 950. The van der Waals surface area contributed by atoms with Gasteiger partial charge in [-0.05, 0) is 42.3 Å².